The summed E-state index contributed by atoms with van der Waals surface area (Å²) in [7, 11) is 0. The number of para-hydroxylation sites is 1. The van der Waals surface area contributed by atoms with Gasteiger partial charge in [0, 0.05) is 11.3 Å². The average molecular weight is 435 g/mol. The van der Waals surface area contributed by atoms with Crippen molar-refractivity contribution in [1.82, 2.24) is 4.90 Å². The summed E-state index contributed by atoms with van der Waals surface area (Å²) in [6.45, 7) is 8.24. The number of thioether (sulfide) groups is 1. The number of anilines is 1. The van der Waals surface area contributed by atoms with E-state index >= 15 is 0 Å². The highest BCUT2D eigenvalue weighted by atomic mass is 32.2. The van der Waals surface area contributed by atoms with E-state index in [-0.39, 0.29) is 23.5 Å². The molecular formula is C24H26N4O2S. The zero-order chi connectivity index (χ0) is 22.1. The van der Waals surface area contributed by atoms with Gasteiger partial charge in [-0.1, -0.05) is 63.7 Å². The lowest BCUT2D eigenvalue weighted by Gasteiger charge is -2.25. The van der Waals surface area contributed by atoms with E-state index in [0.717, 1.165) is 16.9 Å². The van der Waals surface area contributed by atoms with Gasteiger partial charge in [0.05, 0.1) is 11.4 Å². The van der Waals surface area contributed by atoms with Gasteiger partial charge in [0.25, 0.3) is 5.91 Å². The molecule has 1 unspecified atom stereocenters. The second-order valence-electron chi connectivity index (χ2n) is 8.34. The minimum absolute atomic E-state index is 0.0844. The number of benzene rings is 2. The molecule has 0 radical (unpaired) electrons. The Morgan fingerprint density at radius 1 is 1.10 bits per heavy atom. The highest BCUT2D eigenvalue weighted by molar-refractivity contribution is 8.14. The van der Waals surface area contributed by atoms with Crippen LogP contribution in [0.3, 0.4) is 0 Å². The van der Waals surface area contributed by atoms with Crippen molar-refractivity contribution in [3.63, 3.8) is 0 Å². The van der Waals surface area contributed by atoms with Crippen molar-refractivity contribution < 1.29 is 9.59 Å². The maximum absolute atomic E-state index is 13.0. The number of amidine groups is 2. The normalized spacial score (nSPS) is 17.4. The van der Waals surface area contributed by atoms with Gasteiger partial charge in [-0.05, 0) is 41.7 Å². The first-order chi connectivity index (χ1) is 14.8. The maximum Gasteiger partial charge on any atom is 0.259 e. The zero-order valence-electron chi connectivity index (χ0n) is 18.1. The van der Waals surface area contributed by atoms with Gasteiger partial charge in [0.2, 0.25) is 5.91 Å². The molecule has 2 amide bonds. The van der Waals surface area contributed by atoms with Gasteiger partial charge in [0.1, 0.15) is 11.9 Å². The van der Waals surface area contributed by atoms with Crippen molar-refractivity contribution >= 4 is 46.0 Å². The Labute approximate surface area is 186 Å². The molecule has 2 heterocycles. The second-order valence-corrected chi connectivity index (χ2v) is 9.28. The summed E-state index contributed by atoms with van der Waals surface area (Å²) in [5, 5.41) is 3.41. The molecule has 2 aromatic carbocycles. The van der Waals surface area contributed by atoms with Crippen LogP contribution in [0.4, 0.5) is 11.4 Å². The molecule has 0 aliphatic carbocycles. The van der Waals surface area contributed by atoms with Gasteiger partial charge < -0.3 is 5.32 Å². The first-order valence-corrected chi connectivity index (χ1v) is 11.5. The quantitative estimate of drug-likeness (QED) is 0.735. The molecule has 6 nitrogen and oxygen atoms in total. The van der Waals surface area contributed by atoms with Gasteiger partial charge in [-0.3, -0.25) is 14.6 Å². The second kappa shape index (κ2) is 8.67. The molecule has 2 aliphatic rings. The van der Waals surface area contributed by atoms with Gasteiger partial charge in [-0.2, -0.15) is 0 Å². The molecule has 0 spiro atoms. The number of nitrogens with zero attached hydrogens (tertiary/aromatic N) is 3. The zero-order valence-corrected chi connectivity index (χ0v) is 18.9. The fourth-order valence-electron chi connectivity index (χ4n) is 3.58. The number of rotatable bonds is 5. The van der Waals surface area contributed by atoms with Crippen LogP contribution >= 0.6 is 11.8 Å². The Bertz CT molecular complexity index is 1070. The van der Waals surface area contributed by atoms with Crippen LogP contribution in [0.1, 0.15) is 44.7 Å². The molecule has 1 N–H and O–H groups in total. The molecule has 31 heavy (non-hydrogen) atoms. The number of hydrogen-bond acceptors (Lipinski definition) is 5. The predicted octanol–water partition coefficient (Wildman–Crippen LogP) is 4.80. The van der Waals surface area contributed by atoms with Crippen molar-refractivity contribution in [3.8, 4) is 0 Å². The molecule has 2 aromatic rings. The van der Waals surface area contributed by atoms with E-state index in [1.54, 1.807) is 4.90 Å². The van der Waals surface area contributed by atoms with Crippen LogP contribution in [0.15, 0.2) is 58.5 Å². The van der Waals surface area contributed by atoms with Crippen molar-refractivity contribution in [1.29, 1.82) is 0 Å². The van der Waals surface area contributed by atoms with E-state index in [4.69, 9.17) is 4.99 Å². The molecular weight excluding hydrogens is 408 g/mol. The Balaban J connectivity index is 1.50. The van der Waals surface area contributed by atoms with E-state index in [1.165, 1.54) is 17.3 Å². The van der Waals surface area contributed by atoms with Crippen molar-refractivity contribution in [2.24, 2.45) is 15.9 Å². The topological polar surface area (TPSA) is 74.1 Å². The maximum atomic E-state index is 13.0. The van der Waals surface area contributed by atoms with Crippen molar-refractivity contribution in [2.75, 3.05) is 11.1 Å². The molecule has 0 aromatic heterocycles. The van der Waals surface area contributed by atoms with E-state index in [0.29, 0.717) is 16.9 Å². The smallest absolute Gasteiger partial charge is 0.259 e. The molecule has 0 bridgehead atoms. The van der Waals surface area contributed by atoms with Crippen LogP contribution in [0, 0.1) is 5.92 Å². The van der Waals surface area contributed by atoms with Crippen LogP contribution in [0.25, 0.3) is 0 Å². The van der Waals surface area contributed by atoms with Crippen molar-refractivity contribution in [2.45, 2.75) is 39.7 Å². The van der Waals surface area contributed by atoms with Crippen LogP contribution in [-0.4, -0.2) is 39.5 Å². The van der Waals surface area contributed by atoms with E-state index in [9.17, 15) is 9.59 Å². The Kier molecular flexibility index (Phi) is 5.96. The molecule has 2 aliphatic heterocycles. The van der Waals surface area contributed by atoms with Crippen LogP contribution in [0.5, 0.6) is 0 Å². The highest BCUT2D eigenvalue weighted by Gasteiger charge is 2.42. The standard InChI is InChI=1S/C24H26N4O2S/c1-14(2)16-9-11-17(12-10-16)25-20(29)13-31-24-26-19-8-6-5-7-18(19)22-27-21(15(3)4)23(30)28(22)24/h5-12,14-15,21H,13H2,1-4H3,(H,25,29). The number of hydrogen-bond donors (Lipinski definition) is 1. The Morgan fingerprint density at radius 3 is 2.48 bits per heavy atom. The lowest BCUT2D eigenvalue weighted by atomic mass is 10.0. The average Bonchev–Trinajstić information content (AvgIpc) is 3.10. The van der Waals surface area contributed by atoms with Gasteiger partial charge in [-0.15, -0.1) is 0 Å². The molecule has 0 fully saturated rings. The number of amides is 2. The Hall–Kier alpha value is -2.93. The lowest BCUT2D eigenvalue weighted by molar-refractivity contribution is -0.125. The summed E-state index contributed by atoms with van der Waals surface area (Å²) < 4.78 is 0. The third kappa shape index (κ3) is 4.28. The van der Waals surface area contributed by atoms with Crippen LogP contribution < -0.4 is 5.32 Å². The largest absolute Gasteiger partial charge is 0.325 e. The highest BCUT2D eigenvalue weighted by Crippen LogP contribution is 2.34. The number of nitrogens with one attached hydrogen (secondary N) is 1. The van der Waals surface area contributed by atoms with Crippen molar-refractivity contribution in [3.05, 3.63) is 59.7 Å². The SMILES string of the molecule is CC(C)c1ccc(NC(=O)CSC2=Nc3ccccc3C3=NC(C(C)C)C(=O)N23)cc1. The van der Waals surface area contributed by atoms with Gasteiger partial charge in [-0.25, -0.2) is 9.89 Å². The fraction of sp³-hybridized carbons (Fsp3) is 0.333. The van der Waals surface area contributed by atoms with E-state index in [1.807, 2.05) is 62.4 Å². The summed E-state index contributed by atoms with van der Waals surface area (Å²) >= 11 is 1.25. The molecule has 160 valence electrons. The molecule has 7 heteroatoms. The third-order valence-electron chi connectivity index (χ3n) is 5.32. The predicted molar refractivity (Wildman–Crippen MR) is 127 cm³/mol. The summed E-state index contributed by atoms with van der Waals surface area (Å²) in [6.07, 6.45) is 0. The molecule has 1 atom stereocenters. The number of aliphatic imine (C=N–C) groups is 2. The lowest BCUT2D eigenvalue weighted by Crippen LogP contribution is -2.42. The van der Waals surface area contributed by atoms with Gasteiger partial charge >= 0.3 is 0 Å². The molecule has 4 rings (SSSR count). The van der Waals surface area contributed by atoms with Crippen LogP contribution in [-0.2, 0) is 9.59 Å². The minimum Gasteiger partial charge on any atom is -0.325 e. The minimum atomic E-state index is -0.430. The summed E-state index contributed by atoms with van der Waals surface area (Å²) in [4.78, 5) is 36.5. The monoisotopic (exact) mass is 434 g/mol. The fourth-order valence-corrected chi connectivity index (χ4v) is 4.38. The first kappa shape index (κ1) is 21.3. The summed E-state index contributed by atoms with van der Waals surface area (Å²) in [5.41, 5.74) is 3.59. The number of carbonyl (C=O) groups excluding carboxylic acids is 2. The first-order valence-electron chi connectivity index (χ1n) is 10.5. The van der Waals surface area contributed by atoms with Gasteiger partial charge in [0.15, 0.2) is 5.17 Å². The van der Waals surface area contributed by atoms with Crippen LogP contribution in [0.2, 0.25) is 0 Å². The third-order valence-corrected chi connectivity index (χ3v) is 6.26. The number of carbonyl (C=O) groups is 2. The number of fused-ring (bicyclic) bond motifs is 3. The summed E-state index contributed by atoms with van der Waals surface area (Å²) in [6, 6.07) is 15.1. The summed E-state index contributed by atoms with van der Waals surface area (Å²) in [5.74, 6) is 1.07. The van der Waals surface area contributed by atoms with E-state index in [2.05, 4.69) is 24.2 Å². The molecule has 0 saturated carbocycles. The molecule has 0 saturated heterocycles. The Morgan fingerprint density at radius 2 is 1.81 bits per heavy atom. The van der Waals surface area contributed by atoms with E-state index < -0.39 is 6.04 Å².